The second-order valence-electron chi connectivity index (χ2n) is 4.00. The predicted octanol–water partition coefficient (Wildman–Crippen LogP) is 2.75. The van der Waals surface area contributed by atoms with Crippen LogP contribution in [0.15, 0.2) is 24.3 Å². The van der Waals surface area contributed by atoms with Gasteiger partial charge >= 0.3 is 0 Å². The van der Waals surface area contributed by atoms with E-state index in [2.05, 4.69) is 9.97 Å². The number of ether oxygens (including phenoxy) is 1. The van der Waals surface area contributed by atoms with Gasteiger partial charge in [-0.1, -0.05) is 30.7 Å². The molecule has 0 unspecified atom stereocenters. The molecule has 0 saturated carbocycles. The summed E-state index contributed by atoms with van der Waals surface area (Å²) < 4.78 is 5.59. The van der Waals surface area contributed by atoms with E-state index in [0.29, 0.717) is 28.9 Å². The van der Waals surface area contributed by atoms with Crippen LogP contribution in [0.2, 0.25) is 5.02 Å². The smallest absolute Gasteiger partial charge is 0.228 e. The molecular weight excluding hydrogens is 264 g/mol. The molecule has 0 saturated heterocycles. The first-order chi connectivity index (χ1) is 9.11. The molecule has 0 aliphatic carbocycles. The highest BCUT2D eigenvalue weighted by atomic mass is 35.5. The van der Waals surface area contributed by atoms with Crippen molar-refractivity contribution in [2.45, 2.75) is 13.3 Å². The van der Waals surface area contributed by atoms with Crippen molar-refractivity contribution >= 4 is 23.4 Å². The molecule has 1 heterocycles. The molecule has 0 spiro atoms. The van der Waals surface area contributed by atoms with Crippen LogP contribution in [0.5, 0.6) is 5.88 Å². The van der Waals surface area contributed by atoms with E-state index in [4.69, 9.17) is 27.8 Å². The van der Waals surface area contributed by atoms with E-state index < -0.39 is 0 Å². The summed E-state index contributed by atoms with van der Waals surface area (Å²) in [6, 6.07) is 7.23. The lowest BCUT2D eigenvalue weighted by Crippen LogP contribution is -2.07. The summed E-state index contributed by atoms with van der Waals surface area (Å²) in [6.45, 7) is 2.55. The number of nitrogens with two attached hydrogens (primary N) is 2. The largest absolute Gasteiger partial charge is 0.477 e. The van der Waals surface area contributed by atoms with E-state index in [-0.39, 0.29) is 5.95 Å². The maximum absolute atomic E-state index is 5.92. The van der Waals surface area contributed by atoms with Gasteiger partial charge in [-0.05, 0) is 24.1 Å². The van der Waals surface area contributed by atoms with Crippen molar-refractivity contribution in [1.82, 2.24) is 9.97 Å². The van der Waals surface area contributed by atoms with Gasteiger partial charge in [-0.25, -0.2) is 0 Å². The highest BCUT2D eigenvalue weighted by Crippen LogP contribution is 2.34. The second-order valence-corrected chi connectivity index (χ2v) is 4.44. The van der Waals surface area contributed by atoms with Crippen LogP contribution >= 0.6 is 11.6 Å². The van der Waals surface area contributed by atoms with Gasteiger partial charge in [-0.2, -0.15) is 9.97 Å². The van der Waals surface area contributed by atoms with Crippen molar-refractivity contribution in [3.05, 3.63) is 29.3 Å². The number of nitrogen functional groups attached to an aromatic ring is 2. The van der Waals surface area contributed by atoms with Crippen LogP contribution < -0.4 is 16.2 Å². The Bertz CT molecular complexity index is 572. The average molecular weight is 279 g/mol. The molecular formula is C13H15ClN4O. The lowest BCUT2D eigenvalue weighted by molar-refractivity contribution is 0.307. The Labute approximate surface area is 116 Å². The molecule has 1 aromatic carbocycles. The summed E-state index contributed by atoms with van der Waals surface area (Å²) >= 11 is 5.87. The van der Waals surface area contributed by atoms with E-state index in [9.17, 15) is 0 Å². The van der Waals surface area contributed by atoms with Gasteiger partial charge in [0.1, 0.15) is 5.82 Å². The fourth-order valence-corrected chi connectivity index (χ4v) is 1.79. The summed E-state index contributed by atoms with van der Waals surface area (Å²) in [5.41, 5.74) is 13.0. The van der Waals surface area contributed by atoms with Crippen molar-refractivity contribution in [2.75, 3.05) is 18.1 Å². The Hall–Kier alpha value is -2.01. The first-order valence-electron chi connectivity index (χ1n) is 5.93. The fourth-order valence-electron chi connectivity index (χ4n) is 1.66. The van der Waals surface area contributed by atoms with E-state index in [0.717, 1.165) is 12.0 Å². The zero-order valence-corrected chi connectivity index (χ0v) is 11.3. The second kappa shape index (κ2) is 5.75. The van der Waals surface area contributed by atoms with Crippen LogP contribution in [0.4, 0.5) is 11.8 Å². The van der Waals surface area contributed by atoms with Crippen molar-refractivity contribution in [3.8, 4) is 17.0 Å². The van der Waals surface area contributed by atoms with E-state index in [1.165, 1.54) is 0 Å². The first kappa shape index (κ1) is 13.4. The lowest BCUT2D eigenvalue weighted by Gasteiger charge is -2.12. The molecule has 0 fully saturated rings. The molecule has 100 valence electrons. The normalized spacial score (nSPS) is 10.4. The van der Waals surface area contributed by atoms with Crippen molar-refractivity contribution in [3.63, 3.8) is 0 Å². The van der Waals surface area contributed by atoms with Crippen LogP contribution in [0, 0.1) is 0 Å². The number of hydrogen-bond acceptors (Lipinski definition) is 5. The van der Waals surface area contributed by atoms with Crippen LogP contribution in [-0.4, -0.2) is 16.6 Å². The summed E-state index contributed by atoms with van der Waals surface area (Å²) in [7, 11) is 0. The summed E-state index contributed by atoms with van der Waals surface area (Å²) in [5.74, 6) is 0.788. The van der Waals surface area contributed by atoms with Crippen LogP contribution in [0.3, 0.4) is 0 Å². The van der Waals surface area contributed by atoms with Gasteiger partial charge in [-0.15, -0.1) is 0 Å². The molecule has 19 heavy (non-hydrogen) atoms. The number of benzene rings is 1. The Kier molecular flexibility index (Phi) is 4.06. The van der Waals surface area contributed by atoms with Crippen molar-refractivity contribution in [2.24, 2.45) is 0 Å². The van der Waals surface area contributed by atoms with Gasteiger partial charge in [-0.3, -0.25) is 0 Å². The molecule has 5 nitrogen and oxygen atoms in total. The maximum atomic E-state index is 5.92. The van der Waals surface area contributed by atoms with Crippen LogP contribution in [-0.2, 0) is 0 Å². The standard InChI is InChI=1S/C13H15ClN4O/c1-2-7-19-12-10(11(15)17-13(16)18-12)8-3-5-9(14)6-4-8/h3-6H,2,7H2,1H3,(H4,15,16,17,18). The lowest BCUT2D eigenvalue weighted by atomic mass is 10.1. The molecule has 2 aromatic rings. The third-order valence-corrected chi connectivity index (χ3v) is 2.75. The first-order valence-corrected chi connectivity index (χ1v) is 6.31. The third kappa shape index (κ3) is 3.06. The molecule has 0 atom stereocenters. The number of nitrogens with zero attached hydrogens (tertiary/aromatic N) is 2. The quantitative estimate of drug-likeness (QED) is 0.898. The molecule has 1 aromatic heterocycles. The number of anilines is 2. The molecule has 0 radical (unpaired) electrons. The minimum absolute atomic E-state index is 0.0984. The number of hydrogen-bond donors (Lipinski definition) is 2. The third-order valence-electron chi connectivity index (χ3n) is 2.50. The molecule has 0 amide bonds. The SMILES string of the molecule is CCCOc1nc(N)nc(N)c1-c1ccc(Cl)cc1. The Balaban J connectivity index is 2.50. The van der Waals surface area contributed by atoms with E-state index >= 15 is 0 Å². The van der Waals surface area contributed by atoms with Crippen molar-refractivity contribution in [1.29, 1.82) is 0 Å². The van der Waals surface area contributed by atoms with Gasteiger partial charge in [0.25, 0.3) is 0 Å². The monoisotopic (exact) mass is 278 g/mol. The molecule has 0 aliphatic rings. The predicted molar refractivity (Wildman–Crippen MR) is 77.1 cm³/mol. The Morgan fingerprint density at radius 2 is 1.84 bits per heavy atom. The maximum Gasteiger partial charge on any atom is 0.228 e. The Morgan fingerprint density at radius 3 is 2.47 bits per heavy atom. The summed E-state index contributed by atoms with van der Waals surface area (Å²) in [6.07, 6.45) is 0.865. The zero-order valence-electron chi connectivity index (χ0n) is 10.6. The van der Waals surface area contributed by atoms with E-state index in [1.807, 2.05) is 19.1 Å². The summed E-state index contributed by atoms with van der Waals surface area (Å²) in [5, 5.41) is 0.648. The van der Waals surface area contributed by atoms with E-state index in [1.54, 1.807) is 12.1 Å². The number of aromatic nitrogens is 2. The Morgan fingerprint density at radius 1 is 1.16 bits per heavy atom. The van der Waals surface area contributed by atoms with Crippen molar-refractivity contribution < 1.29 is 4.74 Å². The highest BCUT2D eigenvalue weighted by Gasteiger charge is 2.14. The molecule has 2 rings (SSSR count). The minimum atomic E-state index is 0.0984. The average Bonchev–Trinajstić information content (AvgIpc) is 2.37. The number of rotatable bonds is 4. The van der Waals surface area contributed by atoms with Gasteiger partial charge in [0.05, 0.1) is 12.2 Å². The summed E-state index contributed by atoms with van der Waals surface area (Å²) in [4.78, 5) is 8.07. The van der Waals surface area contributed by atoms with Crippen LogP contribution in [0.1, 0.15) is 13.3 Å². The van der Waals surface area contributed by atoms with Crippen LogP contribution in [0.25, 0.3) is 11.1 Å². The van der Waals surface area contributed by atoms with Gasteiger partial charge in [0.2, 0.25) is 11.8 Å². The zero-order chi connectivity index (χ0) is 13.8. The highest BCUT2D eigenvalue weighted by molar-refractivity contribution is 6.30. The molecule has 0 bridgehead atoms. The van der Waals surface area contributed by atoms with Gasteiger partial charge < -0.3 is 16.2 Å². The minimum Gasteiger partial charge on any atom is -0.477 e. The molecule has 0 aliphatic heterocycles. The molecule has 6 heteroatoms. The fraction of sp³-hybridized carbons (Fsp3) is 0.231. The van der Waals surface area contributed by atoms with Gasteiger partial charge in [0.15, 0.2) is 0 Å². The topological polar surface area (TPSA) is 87.0 Å². The number of halogens is 1. The van der Waals surface area contributed by atoms with Gasteiger partial charge in [0, 0.05) is 5.02 Å². The molecule has 4 N–H and O–H groups in total.